The molecular weight excluding hydrogens is 1310 g/mol. The molecule has 6 heteroatoms. The van der Waals surface area contributed by atoms with E-state index < -0.39 is 0 Å². The molecular formula is C102H60N6. The molecule has 0 N–H and O–H groups in total. The van der Waals surface area contributed by atoms with Crippen LogP contribution in [0.3, 0.4) is 0 Å². The third-order valence-electron chi connectivity index (χ3n) is 23.8. The van der Waals surface area contributed by atoms with Crippen molar-refractivity contribution in [2.24, 2.45) is 0 Å². The summed E-state index contributed by atoms with van der Waals surface area (Å²) in [5.74, 6) is 0. The largest absolute Gasteiger partial charge is 0.301 e. The lowest BCUT2D eigenvalue weighted by molar-refractivity contribution is 1.16. The maximum atomic E-state index is 2.83. The van der Waals surface area contributed by atoms with Gasteiger partial charge in [0, 0.05) is 66.8 Å². The summed E-state index contributed by atoms with van der Waals surface area (Å²) in [5.41, 5.74) is 48.4. The molecule has 0 bridgehead atoms. The SMILES string of the molecule is c1ccc(-c2c(-c3ccccc3)c3c4c(-c5ccccc5)c(-c5ccccc5)c5c6c(-c7ccccc7)c(-c7ccccc7)c7c8c(-c9ccccc9)c(-c9ccccc9)c9c%10c(-c%11ccccc%11)c(-c%11ccccc%11)c%11c%12c(-c%13ccccc%13)c(-c%13ccccc%13)c%13c2n3c2c(c(c(c(c2n45)n67)n98)n%11%10)n%13%12)cc1. The van der Waals surface area contributed by atoms with Gasteiger partial charge in [-0.1, -0.05) is 364 Å². The van der Waals surface area contributed by atoms with E-state index in [9.17, 15) is 0 Å². The first-order valence-electron chi connectivity index (χ1n) is 37.5. The van der Waals surface area contributed by atoms with Gasteiger partial charge < -0.3 is 26.4 Å². The fourth-order valence-corrected chi connectivity index (χ4v) is 20.0. The van der Waals surface area contributed by atoms with Crippen molar-refractivity contribution in [3.63, 3.8) is 0 Å². The van der Waals surface area contributed by atoms with Crippen molar-refractivity contribution in [3.8, 4) is 134 Å². The first-order chi connectivity index (χ1) is 53.8. The van der Waals surface area contributed by atoms with E-state index >= 15 is 0 Å². The zero-order chi connectivity index (χ0) is 70.1. The molecule has 0 fully saturated rings. The molecule has 0 spiro atoms. The quantitative estimate of drug-likeness (QED) is 0.0861. The Morgan fingerprint density at radius 2 is 0.157 bits per heavy atom. The van der Waals surface area contributed by atoms with Crippen molar-refractivity contribution >= 4 is 99.3 Å². The molecule has 0 atom stereocenters. The van der Waals surface area contributed by atoms with Crippen LogP contribution in [0.25, 0.3) is 233 Å². The van der Waals surface area contributed by atoms with E-state index in [2.05, 4.69) is 390 Å². The zero-order valence-electron chi connectivity index (χ0n) is 58.3. The molecule has 0 unspecified atom stereocenters. The Hall–Kier alpha value is -14.5. The maximum absolute atomic E-state index is 2.83. The summed E-state index contributed by atoms with van der Waals surface area (Å²) in [6.45, 7) is 0. The highest BCUT2D eigenvalue weighted by Crippen LogP contribution is 2.64. The fraction of sp³-hybridized carbons (Fsp3) is 0. The maximum Gasteiger partial charge on any atom is 0.0993 e. The average Bonchev–Trinajstić information content (AvgIpc) is 1.43. The third-order valence-corrected chi connectivity index (χ3v) is 23.8. The molecule has 0 amide bonds. The van der Waals surface area contributed by atoms with Crippen LogP contribution in [0.15, 0.2) is 364 Å². The summed E-state index contributed by atoms with van der Waals surface area (Å²) in [6.07, 6.45) is 0. The smallest absolute Gasteiger partial charge is 0.0993 e. The second kappa shape index (κ2) is 21.6. The molecule has 25 rings (SSSR count). The van der Waals surface area contributed by atoms with Crippen molar-refractivity contribution in [2.75, 3.05) is 0 Å². The van der Waals surface area contributed by atoms with Crippen molar-refractivity contribution in [1.82, 2.24) is 26.4 Å². The van der Waals surface area contributed by atoms with Crippen LogP contribution in [-0.2, 0) is 0 Å². The van der Waals surface area contributed by atoms with Gasteiger partial charge in [-0.3, -0.25) is 0 Å². The Kier molecular flexibility index (Phi) is 11.6. The molecule has 6 nitrogen and oxygen atoms in total. The summed E-state index contributed by atoms with van der Waals surface area (Å²) < 4.78 is 17.0. The molecule has 108 heavy (non-hydrogen) atoms. The Bertz CT molecular complexity index is 6130. The minimum absolute atomic E-state index is 1.14. The van der Waals surface area contributed by atoms with Gasteiger partial charge in [-0.15, -0.1) is 0 Å². The monoisotopic (exact) mass is 1370 g/mol. The van der Waals surface area contributed by atoms with Gasteiger partial charge in [0.15, 0.2) is 0 Å². The lowest BCUT2D eigenvalue weighted by atomic mass is 9.91. The highest BCUT2D eigenvalue weighted by Gasteiger charge is 2.44. The molecule has 12 heterocycles. The molecule has 0 saturated heterocycles. The molecule has 0 radical (unpaired) electrons. The lowest BCUT2D eigenvalue weighted by Gasteiger charge is -2.27. The Labute approximate surface area is 619 Å². The van der Waals surface area contributed by atoms with Crippen LogP contribution in [0.2, 0.25) is 0 Å². The molecule has 0 aliphatic heterocycles. The van der Waals surface area contributed by atoms with Gasteiger partial charge in [-0.2, -0.15) is 0 Å². The van der Waals surface area contributed by atoms with Crippen LogP contribution in [0.5, 0.6) is 0 Å². The minimum atomic E-state index is 1.14. The van der Waals surface area contributed by atoms with Gasteiger partial charge in [0.2, 0.25) is 0 Å². The minimum Gasteiger partial charge on any atom is -0.301 e. The highest BCUT2D eigenvalue weighted by molar-refractivity contribution is 6.39. The van der Waals surface area contributed by atoms with Crippen LogP contribution in [0.4, 0.5) is 0 Å². The summed E-state index contributed by atoms with van der Waals surface area (Å²) in [4.78, 5) is 0. The van der Waals surface area contributed by atoms with E-state index in [4.69, 9.17) is 0 Å². The molecule has 13 aromatic carbocycles. The van der Waals surface area contributed by atoms with E-state index in [1.54, 1.807) is 0 Å². The van der Waals surface area contributed by atoms with E-state index in [0.717, 1.165) is 166 Å². The van der Waals surface area contributed by atoms with E-state index in [-0.39, 0.29) is 0 Å². The van der Waals surface area contributed by atoms with E-state index in [0.29, 0.717) is 0 Å². The van der Waals surface area contributed by atoms with Gasteiger partial charge in [0.05, 0.1) is 99.3 Å². The van der Waals surface area contributed by atoms with E-state index in [1.807, 2.05) is 0 Å². The number of benzene rings is 13. The van der Waals surface area contributed by atoms with E-state index in [1.165, 1.54) is 66.8 Å². The molecule has 0 aliphatic carbocycles. The second-order valence-electron chi connectivity index (χ2n) is 29.2. The fourth-order valence-electron chi connectivity index (χ4n) is 20.0. The number of nitrogens with zero attached hydrogens (tertiary/aromatic N) is 6. The van der Waals surface area contributed by atoms with Crippen molar-refractivity contribution < 1.29 is 0 Å². The van der Waals surface area contributed by atoms with Gasteiger partial charge in [-0.05, 0) is 66.8 Å². The Morgan fingerprint density at radius 1 is 0.0833 bits per heavy atom. The Balaban J connectivity index is 1.14. The number of rotatable bonds is 12. The molecule has 0 saturated carbocycles. The van der Waals surface area contributed by atoms with Crippen LogP contribution < -0.4 is 0 Å². The van der Waals surface area contributed by atoms with Crippen molar-refractivity contribution in [3.05, 3.63) is 364 Å². The molecule has 25 aromatic rings. The van der Waals surface area contributed by atoms with Gasteiger partial charge >= 0.3 is 0 Å². The van der Waals surface area contributed by atoms with Crippen molar-refractivity contribution in [1.29, 1.82) is 0 Å². The molecule has 498 valence electrons. The van der Waals surface area contributed by atoms with Gasteiger partial charge in [0.25, 0.3) is 0 Å². The van der Waals surface area contributed by atoms with Crippen molar-refractivity contribution in [2.45, 2.75) is 0 Å². The standard InChI is InChI=1S/C102H60N6/c1-13-37-61(38-14-1)73-74(62-39-15-2-16-40-62)86-88-77(65-45-21-5-22-46-65)78(66-47-23-6-24-48-66)91-92-81(69-53-29-9-30-54-69)82(70-55-31-10-32-56-70)94-96-84(72-59-35-12-36-60-72)83(71-57-33-11-34-58-71)95-93-80(68-51-27-8-28-52-68)79(67-49-25-7-26-50-67)90-89-76(64-43-19-4-20-44-64)75(63-41-17-3-18-42-63)87-85(73)103(86)97-98(104(87)89)100(106(90)93)102(108(95)96)101(107(92)94)99(97)105(88)91/h1-60H. The number of fused-ring (bicyclic) bond motifs is 6. The summed E-state index contributed by atoms with van der Waals surface area (Å²) in [5, 5.41) is 0. The average molecular weight is 1370 g/mol. The van der Waals surface area contributed by atoms with Crippen LogP contribution in [0, 0.1) is 0 Å². The summed E-state index contributed by atoms with van der Waals surface area (Å²) >= 11 is 0. The summed E-state index contributed by atoms with van der Waals surface area (Å²) in [6, 6.07) is 137. The molecule has 12 aromatic heterocycles. The predicted octanol–water partition coefficient (Wildman–Crippen LogP) is 26.8. The summed E-state index contributed by atoms with van der Waals surface area (Å²) in [7, 11) is 0. The van der Waals surface area contributed by atoms with Crippen LogP contribution in [0.1, 0.15) is 0 Å². The highest BCUT2D eigenvalue weighted by atomic mass is 15.2. The number of aromatic nitrogens is 6. The van der Waals surface area contributed by atoms with Gasteiger partial charge in [0.1, 0.15) is 0 Å². The zero-order valence-corrected chi connectivity index (χ0v) is 58.3. The topological polar surface area (TPSA) is 26.5 Å². The molecule has 0 aliphatic rings. The van der Waals surface area contributed by atoms with Crippen LogP contribution in [-0.4, -0.2) is 26.4 Å². The van der Waals surface area contributed by atoms with Crippen LogP contribution >= 0.6 is 0 Å². The number of hydrogen-bond acceptors (Lipinski definition) is 0. The first kappa shape index (κ1) is 58.0. The third kappa shape index (κ3) is 7.26. The lowest BCUT2D eigenvalue weighted by Crippen LogP contribution is -2.13. The number of hydrogen-bond donors (Lipinski definition) is 0. The Morgan fingerprint density at radius 3 is 0.231 bits per heavy atom. The second-order valence-corrected chi connectivity index (χ2v) is 29.2. The normalized spacial score (nSPS) is 12.4. The first-order valence-corrected chi connectivity index (χ1v) is 37.5. The predicted molar refractivity (Wildman–Crippen MR) is 450 cm³/mol. The van der Waals surface area contributed by atoms with Gasteiger partial charge in [-0.25, -0.2) is 0 Å².